The molecule has 1 aromatic heterocycles. The molecule has 0 bridgehead atoms. The van der Waals surface area contributed by atoms with Gasteiger partial charge >= 0.3 is 0 Å². The van der Waals surface area contributed by atoms with E-state index < -0.39 is 0 Å². The van der Waals surface area contributed by atoms with E-state index in [4.69, 9.17) is 23.2 Å². The van der Waals surface area contributed by atoms with E-state index in [9.17, 15) is 0 Å². The fourth-order valence-corrected chi connectivity index (χ4v) is 5.56. The maximum atomic E-state index is 6.25. The van der Waals surface area contributed by atoms with Crippen LogP contribution in [0.1, 0.15) is 59.5 Å². The van der Waals surface area contributed by atoms with E-state index >= 15 is 0 Å². The van der Waals surface area contributed by atoms with Crippen molar-refractivity contribution in [1.82, 2.24) is 0 Å². The normalized spacial score (nSPS) is 17.9. The molecule has 0 saturated heterocycles. The van der Waals surface area contributed by atoms with Crippen LogP contribution >= 0.6 is 50.5 Å². The van der Waals surface area contributed by atoms with Crippen molar-refractivity contribution >= 4 is 50.5 Å². The van der Waals surface area contributed by atoms with E-state index in [1.807, 2.05) is 6.07 Å². The number of hydrogen-bond donors (Lipinski definition) is 0. The summed E-state index contributed by atoms with van der Waals surface area (Å²) in [5, 5.41) is 0. The predicted octanol–water partition coefficient (Wildman–Crippen LogP) is 7.59. The molecule has 1 saturated carbocycles. The van der Waals surface area contributed by atoms with E-state index in [0.29, 0.717) is 0 Å². The molecule has 0 radical (unpaired) electrons. The first kappa shape index (κ1) is 15.9. The van der Waals surface area contributed by atoms with Gasteiger partial charge in [-0.15, -0.1) is 11.3 Å². The van der Waals surface area contributed by atoms with E-state index in [1.54, 1.807) is 0 Å². The summed E-state index contributed by atoms with van der Waals surface area (Å²) in [5.74, 6) is 0.751. The van der Waals surface area contributed by atoms with Crippen molar-refractivity contribution in [3.63, 3.8) is 0 Å². The first-order chi connectivity index (χ1) is 10.1. The Bertz CT molecular complexity index is 600. The number of hydrogen-bond acceptors (Lipinski definition) is 1. The Morgan fingerprint density at radius 2 is 1.71 bits per heavy atom. The lowest BCUT2D eigenvalue weighted by molar-refractivity contribution is 0.443. The Balaban J connectivity index is 1.78. The minimum atomic E-state index is 0.106. The molecule has 1 atom stereocenters. The molecule has 1 unspecified atom stereocenters. The van der Waals surface area contributed by atoms with Crippen LogP contribution in [-0.2, 0) is 0 Å². The van der Waals surface area contributed by atoms with Crippen LogP contribution in [0.4, 0.5) is 0 Å². The topological polar surface area (TPSA) is 0 Å². The average Bonchev–Trinajstić information content (AvgIpc) is 2.86. The number of alkyl halides is 1. The molecule has 0 aliphatic heterocycles. The molecule has 1 aliphatic carbocycles. The molecule has 4 heteroatoms. The fraction of sp³-hybridized carbons (Fsp3) is 0.412. The smallest absolute Gasteiger partial charge is 0.0990 e. The van der Waals surface area contributed by atoms with Crippen LogP contribution < -0.4 is 0 Å². The van der Waals surface area contributed by atoms with E-state index in [0.717, 1.165) is 20.2 Å². The monoisotopic (exact) mass is 402 g/mol. The fourth-order valence-electron chi connectivity index (χ4n) is 3.08. The van der Waals surface area contributed by atoms with Crippen molar-refractivity contribution < 1.29 is 0 Å². The van der Waals surface area contributed by atoms with Crippen LogP contribution in [0.3, 0.4) is 0 Å². The van der Waals surface area contributed by atoms with Gasteiger partial charge in [-0.25, -0.2) is 0 Å². The molecule has 21 heavy (non-hydrogen) atoms. The summed E-state index contributed by atoms with van der Waals surface area (Å²) in [6.45, 7) is 0. The van der Waals surface area contributed by atoms with Crippen molar-refractivity contribution in [3.8, 4) is 0 Å². The second kappa shape index (κ2) is 7.04. The van der Waals surface area contributed by atoms with Crippen LogP contribution in [0, 0.1) is 0 Å². The zero-order valence-electron chi connectivity index (χ0n) is 11.6. The molecule has 2 aromatic rings. The highest BCUT2D eigenvalue weighted by Gasteiger charge is 2.19. The lowest BCUT2D eigenvalue weighted by Crippen LogP contribution is -2.04. The van der Waals surface area contributed by atoms with Gasteiger partial charge in [0.2, 0.25) is 0 Å². The zero-order chi connectivity index (χ0) is 14.8. The van der Waals surface area contributed by atoms with Crippen molar-refractivity contribution in [2.24, 2.45) is 0 Å². The molecule has 1 heterocycles. The van der Waals surface area contributed by atoms with Gasteiger partial charge in [0.15, 0.2) is 0 Å². The lowest BCUT2D eigenvalue weighted by atomic mass is 9.84. The third-order valence-electron chi connectivity index (χ3n) is 4.26. The molecule has 112 valence electrons. The quantitative estimate of drug-likeness (QED) is 0.463. The molecule has 1 fully saturated rings. The predicted molar refractivity (Wildman–Crippen MR) is 97.4 cm³/mol. The molecule has 0 spiro atoms. The number of thiophene rings is 1. The molecule has 0 amide bonds. The summed E-state index contributed by atoms with van der Waals surface area (Å²) in [4.78, 5) is 0.106. The molecule has 1 aromatic carbocycles. The summed E-state index contributed by atoms with van der Waals surface area (Å²) in [6.07, 6.45) is 6.81. The summed E-state index contributed by atoms with van der Waals surface area (Å²) in [6, 6.07) is 10.9. The molecular weight excluding hydrogens is 387 g/mol. The highest BCUT2D eigenvalue weighted by Crippen LogP contribution is 2.42. The van der Waals surface area contributed by atoms with Gasteiger partial charge in [0.05, 0.1) is 13.5 Å². The molecular formula is C17H17BrCl2S. The maximum absolute atomic E-state index is 6.25. The minimum Gasteiger partial charge on any atom is -0.111 e. The largest absolute Gasteiger partial charge is 0.111 e. The van der Waals surface area contributed by atoms with Crippen molar-refractivity contribution in [3.05, 3.63) is 55.7 Å². The second-order valence-corrected chi connectivity index (χ2v) is 8.84. The van der Waals surface area contributed by atoms with Crippen LogP contribution in [0.2, 0.25) is 8.67 Å². The molecule has 0 N–H and O–H groups in total. The van der Waals surface area contributed by atoms with Gasteiger partial charge in [0, 0.05) is 5.56 Å². The van der Waals surface area contributed by atoms with Gasteiger partial charge in [-0.3, -0.25) is 0 Å². The number of halogens is 3. The second-order valence-electron chi connectivity index (χ2n) is 5.64. The summed E-state index contributed by atoms with van der Waals surface area (Å²) >= 11 is 17.4. The third kappa shape index (κ3) is 3.67. The van der Waals surface area contributed by atoms with Crippen LogP contribution in [0.15, 0.2) is 30.3 Å². The van der Waals surface area contributed by atoms with Gasteiger partial charge in [-0.05, 0) is 36.0 Å². The third-order valence-corrected chi connectivity index (χ3v) is 6.80. The van der Waals surface area contributed by atoms with Crippen LogP contribution in [0.25, 0.3) is 0 Å². The number of rotatable bonds is 3. The van der Waals surface area contributed by atoms with Gasteiger partial charge in [-0.1, -0.05) is 82.7 Å². The van der Waals surface area contributed by atoms with E-state index in [2.05, 4.69) is 40.2 Å². The van der Waals surface area contributed by atoms with Crippen molar-refractivity contribution in [2.45, 2.75) is 42.8 Å². The Morgan fingerprint density at radius 1 is 1.05 bits per heavy atom. The minimum absolute atomic E-state index is 0.106. The van der Waals surface area contributed by atoms with Crippen molar-refractivity contribution in [2.75, 3.05) is 0 Å². The number of benzene rings is 1. The van der Waals surface area contributed by atoms with Gasteiger partial charge in [0.25, 0.3) is 0 Å². The Morgan fingerprint density at radius 3 is 2.29 bits per heavy atom. The first-order valence-electron chi connectivity index (χ1n) is 7.34. The zero-order valence-corrected chi connectivity index (χ0v) is 15.5. The Hall–Kier alpha value is -0.0200. The van der Waals surface area contributed by atoms with Crippen molar-refractivity contribution in [1.29, 1.82) is 0 Å². The highest BCUT2D eigenvalue weighted by atomic mass is 79.9. The highest BCUT2D eigenvalue weighted by molar-refractivity contribution is 9.09. The molecule has 3 rings (SSSR count). The average molecular weight is 404 g/mol. The summed E-state index contributed by atoms with van der Waals surface area (Å²) < 4.78 is 1.50. The van der Waals surface area contributed by atoms with Gasteiger partial charge in [0.1, 0.15) is 0 Å². The van der Waals surface area contributed by atoms with E-state index in [-0.39, 0.29) is 4.83 Å². The van der Waals surface area contributed by atoms with Crippen LogP contribution in [-0.4, -0.2) is 0 Å². The molecule has 0 nitrogen and oxygen atoms in total. The SMILES string of the molecule is Clc1cc(C(Br)c2ccc(C3CCCCC3)cc2)c(Cl)s1. The first-order valence-corrected chi connectivity index (χ1v) is 9.82. The Labute approximate surface area is 148 Å². The summed E-state index contributed by atoms with van der Waals surface area (Å²) in [7, 11) is 0. The van der Waals surface area contributed by atoms with E-state index in [1.165, 1.54) is 54.6 Å². The van der Waals surface area contributed by atoms with Gasteiger partial charge in [-0.2, -0.15) is 0 Å². The molecule has 1 aliphatic rings. The Kier molecular flexibility index (Phi) is 5.32. The maximum Gasteiger partial charge on any atom is 0.0990 e. The lowest BCUT2D eigenvalue weighted by Gasteiger charge is -2.22. The van der Waals surface area contributed by atoms with Crippen LogP contribution in [0.5, 0.6) is 0 Å². The summed E-state index contributed by atoms with van der Waals surface area (Å²) in [5.41, 5.74) is 3.76. The standard InChI is InChI=1S/C17H17BrCl2S/c18-16(14-10-15(19)21-17(14)20)13-8-6-12(7-9-13)11-4-2-1-3-5-11/h6-11,16H,1-5H2. The van der Waals surface area contributed by atoms with Gasteiger partial charge < -0.3 is 0 Å².